The van der Waals surface area contributed by atoms with Crippen LogP contribution in [0.15, 0.2) is 18.3 Å². The minimum atomic E-state index is -0.622. The number of rotatable bonds is 7. The molecule has 3 fully saturated rings. The number of imidazole rings is 1. The summed E-state index contributed by atoms with van der Waals surface area (Å²) in [7, 11) is 0. The molecule has 5 heterocycles. The average molecular weight is 461 g/mol. The molecule has 0 aromatic carbocycles. The van der Waals surface area contributed by atoms with E-state index in [9.17, 15) is 5.11 Å². The number of hydrogen-bond acceptors (Lipinski definition) is 8. The number of aromatic nitrogens is 5. The van der Waals surface area contributed by atoms with Crippen molar-refractivity contribution < 1.29 is 19.3 Å². The lowest BCUT2D eigenvalue weighted by atomic mass is 9.85. The van der Waals surface area contributed by atoms with Crippen LogP contribution in [0.4, 0.5) is 5.82 Å². The van der Waals surface area contributed by atoms with Crippen LogP contribution in [-0.2, 0) is 22.6 Å². The third-order valence-electron chi connectivity index (χ3n) is 6.45. The molecule has 4 atom stereocenters. The topological polar surface area (TPSA) is 119 Å². The van der Waals surface area contributed by atoms with Gasteiger partial charge in [-0.3, -0.25) is 4.68 Å². The molecule has 3 aromatic rings. The number of aliphatic hydroxyl groups is 1. The van der Waals surface area contributed by atoms with Crippen molar-refractivity contribution in [1.82, 2.24) is 24.7 Å². The van der Waals surface area contributed by atoms with Gasteiger partial charge in [0.25, 0.3) is 6.01 Å². The molecule has 0 amide bonds. The zero-order valence-corrected chi connectivity index (χ0v) is 18.2. The molecule has 32 heavy (non-hydrogen) atoms. The van der Waals surface area contributed by atoms with E-state index in [0.717, 1.165) is 18.2 Å². The number of aromatic amines is 1. The number of pyridine rings is 1. The van der Waals surface area contributed by atoms with Gasteiger partial charge in [-0.1, -0.05) is 18.0 Å². The number of hydrogen-bond donors (Lipinski definition) is 3. The predicted molar refractivity (Wildman–Crippen MR) is 116 cm³/mol. The molecule has 3 aromatic heterocycles. The first-order valence-corrected chi connectivity index (χ1v) is 11.4. The maximum absolute atomic E-state index is 9.88. The molecule has 0 spiro atoms. The Labute approximate surface area is 189 Å². The molecule has 10 nitrogen and oxygen atoms in total. The number of H-pyrrole nitrogens is 1. The van der Waals surface area contributed by atoms with Crippen molar-refractivity contribution in [3.05, 3.63) is 29.0 Å². The number of nitrogens with one attached hydrogen (secondary N) is 2. The molecule has 1 aliphatic carbocycles. The van der Waals surface area contributed by atoms with Crippen LogP contribution in [0.5, 0.6) is 6.01 Å². The molecule has 2 aliphatic heterocycles. The van der Waals surface area contributed by atoms with Gasteiger partial charge >= 0.3 is 0 Å². The standard InChI is InChI=1S/C21H25ClN6O4/c22-13-6-14-20(26-21(24-14)32-16-10-31-17-15(29)9-30-18(16)17)25-19(13)23-7-12-4-5-28(27-12)8-11-2-1-3-11/h4-6,11,15-18,29H,1-3,7-10H2,(H2,23,24,25,26)/t15-,16-,17-,18-/m1/s1. The molecule has 170 valence electrons. The molecular weight excluding hydrogens is 436 g/mol. The number of aliphatic hydroxyl groups excluding tert-OH is 1. The molecule has 2 saturated heterocycles. The largest absolute Gasteiger partial charge is 0.456 e. The van der Waals surface area contributed by atoms with Gasteiger partial charge in [0.15, 0.2) is 11.8 Å². The quantitative estimate of drug-likeness (QED) is 0.490. The summed E-state index contributed by atoms with van der Waals surface area (Å²) in [4.78, 5) is 12.1. The molecule has 3 aliphatic rings. The van der Waals surface area contributed by atoms with Crippen LogP contribution in [0.3, 0.4) is 0 Å². The van der Waals surface area contributed by atoms with Crippen LogP contribution in [-0.4, -0.2) is 67.5 Å². The van der Waals surface area contributed by atoms with Gasteiger partial charge in [-0.15, -0.1) is 0 Å². The summed E-state index contributed by atoms with van der Waals surface area (Å²) in [6.07, 6.45) is 4.32. The van der Waals surface area contributed by atoms with E-state index in [4.69, 9.17) is 25.8 Å². The van der Waals surface area contributed by atoms with E-state index < -0.39 is 6.10 Å². The maximum Gasteiger partial charge on any atom is 0.296 e. The fourth-order valence-corrected chi connectivity index (χ4v) is 4.70. The second kappa shape index (κ2) is 8.18. The van der Waals surface area contributed by atoms with Crippen LogP contribution < -0.4 is 10.1 Å². The van der Waals surface area contributed by atoms with Crippen LogP contribution in [0.25, 0.3) is 11.2 Å². The first kappa shape index (κ1) is 20.2. The van der Waals surface area contributed by atoms with Gasteiger partial charge in [0.2, 0.25) is 0 Å². The van der Waals surface area contributed by atoms with Gasteiger partial charge in [0.1, 0.15) is 24.1 Å². The molecule has 11 heteroatoms. The Morgan fingerprint density at radius 3 is 2.97 bits per heavy atom. The second-order valence-corrected chi connectivity index (χ2v) is 9.14. The van der Waals surface area contributed by atoms with Gasteiger partial charge in [-0.2, -0.15) is 10.1 Å². The molecule has 1 saturated carbocycles. The first-order chi connectivity index (χ1) is 15.6. The summed E-state index contributed by atoms with van der Waals surface area (Å²) >= 11 is 6.43. The maximum atomic E-state index is 9.88. The number of anilines is 1. The molecule has 0 bridgehead atoms. The highest BCUT2D eigenvalue weighted by molar-refractivity contribution is 6.33. The van der Waals surface area contributed by atoms with E-state index in [1.165, 1.54) is 19.3 Å². The van der Waals surface area contributed by atoms with Crippen molar-refractivity contribution in [1.29, 1.82) is 0 Å². The summed E-state index contributed by atoms with van der Waals surface area (Å²) in [5, 5.41) is 18.2. The smallest absolute Gasteiger partial charge is 0.296 e. The van der Waals surface area contributed by atoms with Gasteiger partial charge in [0, 0.05) is 12.7 Å². The van der Waals surface area contributed by atoms with Crippen molar-refractivity contribution >= 4 is 28.6 Å². The average Bonchev–Trinajstić information content (AvgIpc) is 3.50. The Balaban J connectivity index is 1.12. The fourth-order valence-electron chi connectivity index (χ4n) is 4.48. The van der Waals surface area contributed by atoms with Crippen LogP contribution in [0, 0.1) is 5.92 Å². The molecule has 3 N–H and O–H groups in total. The van der Waals surface area contributed by atoms with E-state index >= 15 is 0 Å². The highest BCUT2D eigenvalue weighted by Gasteiger charge is 2.48. The summed E-state index contributed by atoms with van der Waals surface area (Å²) in [5.41, 5.74) is 2.09. The van der Waals surface area contributed by atoms with Gasteiger partial charge in [0.05, 0.1) is 36.0 Å². The fraction of sp³-hybridized carbons (Fsp3) is 0.571. The summed E-state index contributed by atoms with van der Waals surface area (Å²) < 4.78 is 19.1. The number of fused-ring (bicyclic) bond motifs is 2. The minimum absolute atomic E-state index is 0.250. The van der Waals surface area contributed by atoms with Gasteiger partial charge in [-0.25, -0.2) is 4.98 Å². The summed E-state index contributed by atoms with van der Waals surface area (Å²) in [6.45, 7) is 2.09. The molecule has 6 rings (SSSR count). The zero-order chi connectivity index (χ0) is 21.7. The molecular formula is C21H25ClN6O4. The highest BCUT2D eigenvalue weighted by Crippen LogP contribution is 2.31. The Hall–Kier alpha value is -2.40. The second-order valence-electron chi connectivity index (χ2n) is 8.73. The van der Waals surface area contributed by atoms with E-state index in [2.05, 4.69) is 25.4 Å². The van der Waals surface area contributed by atoms with Crippen LogP contribution >= 0.6 is 11.6 Å². The number of ether oxygens (including phenoxy) is 3. The minimum Gasteiger partial charge on any atom is -0.456 e. The predicted octanol–water partition coefficient (Wildman–Crippen LogP) is 2.13. The Morgan fingerprint density at radius 2 is 2.12 bits per heavy atom. The summed E-state index contributed by atoms with van der Waals surface area (Å²) in [6, 6.07) is 4.09. The number of halogens is 1. The zero-order valence-electron chi connectivity index (χ0n) is 17.4. The van der Waals surface area contributed by atoms with E-state index in [-0.39, 0.29) is 24.9 Å². The van der Waals surface area contributed by atoms with Gasteiger partial charge < -0.3 is 29.6 Å². The van der Waals surface area contributed by atoms with E-state index in [1.54, 1.807) is 6.07 Å². The monoisotopic (exact) mass is 460 g/mol. The van der Waals surface area contributed by atoms with Crippen molar-refractivity contribution in [2.45, 2.75) is 56.8 Å². The lowest BCUT2D eigenvalue weighted by Crippen LogP contribution is -2.34. The Morgan fingerprint density at radius 1 is 1.25 bits per heavy atom. The van der Waals surface area contributed by atoms with Gasteiger partial charge in [-0.05, 0) is 30.9 Å². The SMILES string of the molecule is O[C@@H]1CO[C@H]2[C@@H]1OC[C@H]2Oc1nc2nc(NCc3ccn(CC4CCC4)n3)c(Cl)cc2[nH]1. The third-order valence-corrected chi connectivity index (χ3v) is 6.74. The summed E-state index contributed by atoms with van der Waals surface area (Å²) in [5.74, 6) is 1.30. The van der Waals surface area contributed by atoms with E-state index in [0.29, 0.717) is 41.2 Å². The Bertz CT molecular complexity index is 1120. The Kier molecular flexibility index (Phi) is 5.17. The van der Waals surface area contributed by atoms with Crippen molar-refractivity contribution in [2.24, 2.45) is 5.92 Å². The first-order valence-electron chi connectivity index (χ1n) is 11.0. The van der Waals surface area contributed by atoms with Crippen molar-refractivity contribution in [3.8, 4) is 6.01 Å². The van der Waals surface area contributed by atoms with E-state index in [1.807, 2.05) is 16.9 Å². The van der Waals surface area contributed by atoms with Crippen molar-refractivity contribution in [2.75, 3.05) is 18.5 Å². The number of nitrogens with zero attached hydrogens (tertiary/aromatic N) is 4. The molecule has 0 radical (unpaired) electrons. The third kappa shape index (κ3) is 3.81. The van der Waals surface area contributed by atoms with Crippen LogP contribution in [0.2, 0.25) is 5.02 Å². The van der Waals surface area contributed by atoms with Crippen molar-refractivity contribution in [3.63, 3.8) is 0 Å². The van der Waals surface area contributed by atoms with Crippen LogP contribution in [0.1, 0.15) is 25.0 Å². The highest BCUT2D eigenvalue weighted by atomic mass is 35.5. The molecule has 0 unspecified atom stereocenters. The lowest BCUT2D eigenvalue weighted by Gasteiger charge is -2.24. The lowest BCUT2D eigenvalue weighted by molar-refractivity contribution is 0.00706. The normalized spacial score (nSPS) is 27.6.